The monoisotopic (exact) mass is 532 g/mol. The first-order valence-electron chi connectivity index (χ1n) is 12.4. The van der Waals surface area contributed by atoms with Gasteiger partial charge in [-0.05, 0) is 63.2 Å². The van der Waals surface area contributed by atoms with Gasteiger partial charge in [-0.3, -0.25) is 14.6 Å². The zero-order valence-electron chi connectivity index (χ0n) is 22.2. The van der Waals surface area contributed by atoms with E-state index >= 15 is 0 Å². The lowest BCUT2D eigenvalue weighted by Crippen LogP contribution is -2.50. The first kappa shape index (κ1) is 28.5. The number of nitrogens with one attached hydrogen (secondary N) is 1. The Bertz CT molecular complexity index is 1280. The summed E-state index contributed by atoms with van der Waals surface area (Å²) >= 11 is 5.95. The highest BCUT2D eigenvalue weighted by Gasteiger charge is 2.23. The molecule has 38 heavy (non-hydrogen) atoms. The van der Waals surface area contributed by atoms with Crippen LogP contribution in [0.1, 0.15) is 38.1 Å². The second-order valence-electron chi connectivity index (χ2n) is 8.83. The maximum atomic E-state index is 12.7. The Labute approximate surface area is 229 Å². The van der Waals surface area contributed by atoms with Crippen LogP contribution in [0.2, 0.25) is 5.02 Å². The quantitative estimate of drug-likeness (QED) is 0.416. The smallest absolute Gasteiger partial charge is 0.253 e. The van der Waals surface area contributed by atoms with Gasteiger partial charge in [-0.25, -0.2) is 9.97 Å². The van der Waals surface area contributed by atoms with E-state index in [1.807, 2.05) is 69.3 Å². The van der Waals surface area contributed by atoms with Gasteiger partial charge >= 0.3 is 0 Å². The highest BCUT2D eigenvalue weighted by molar-refractivity contribution is 6.30. The molecule has 1 saturated heterocycles. The Morgan fingerprint density at radius 2 is 1.55 bits per heavy atom. The standard InChI is InChI=1S/C23H22ClN5O2.C6H11N/c1-16(30)28-12-14-29(15-13-28)22(31)18-4-8-20(9-5-18)26-23-25-11-10-21(27-23)17-2-6-19(24)7-3-17;1-4-5-7-6(2)3/h2-11H,12-15H2,1H3,(H,25,26,27);4-5H,1-3H3/b;5-4-. The van der Waals surface area contributed by atoms with Crippen molar-refractivity contribution >= 4 is 40.8 Å². The van der Waals surface area contributed by atoms with Crippen molar-refractivity contribution in [2.75, 3.05) is 31.5 Å². The van der Waals surface area contributed by atoms with Crippen LogP contribution in [0.15, 0.2) is 78.1 Å². The average molecular weight is 533 g/mol. The van der Waals surface area contributed by atoms with E-state index in [1.165, 1.54) is 0 Å². The lowest BCUT2D eigenvalue weighted by atomic mass is 10.1. The summed E-state index contributed by atoms with van der Waals surface area (Å²) in [5, 5.41) is 3.84. The molecule has 0 aliphatic carbocycles. The van der Waals surface area contributed by atoms with Gasteiger partial charge in [-0.15, -0.1) is 0 Å². The highest BCUT2D eigenvalue weighted by Crippen LogP contribution is 2.22. The molecule has 1 aliphatic rings. The number of piperazine rings is 1. The zero-order chi connectivity index (χ0) is 27.5. The first-order valence-corrected chi connectivity index (χ1v) is 12.8. The maximum absolute atomic E-state index is 12.7. The Morgan fingerprint density at radius 1 is 0.921 bits per heavy atom. The van der Waals surface area contributed by atoms with E-state index in [1.54, 1.807) is 41.3 Å². The molecule has 0 atom stereocenters. The van der Waals surface area contributed by atoms with Gasteiger partial charge in [0.2, 0.25) is 11.9 Å². The van der Waals surface area contributed by atoms with Gasteiger partial charge in [0, 0.05) is 73.0 Å². The molecule has 9 heteroatoms. The molecular formula is C29H33ClN6O2. The number of carbonyl (C=O) groups is 2. The molecule has 4 rings (SSSR count). The second-order valence-corrected chi connectivity index (χ2v) is 9.27. The summed E-state index contributed by atoms with van der Waals surface area (Å²) in [6.45, 7) is 9.68. The van der Waals surface area contributed by atoms with Crippen LogP contribution in [0.5, 0.6) is 0 Å². The molecule has 2 amide bonds. The number of rotatable bonds is 5. The number of allylic oxidation sites excluding steroid dienone is 1. The van der Waals surface area contributed by atoms with E-state index in [-0.39, 0.29) is 11.8 Å². The Hall–Kier alpha value is -4.04. The van der Waals surface area contributed by atoms with Crippen LogP contribution in [0.3, 0.4) is 0 Å². The number of hydrogen-bond acceptors (Lipinski definition) is 6. The van der Waals surface area contributed by atoms with Crippen molar-refractivity contribution in [1.29, 1.82) is 0 Å². The Kier molecular flexibility index (Phi) is 10.5. The fraction of sp³-hybridized carbons (Fsp3) is 0.276. The molecule has 2 aromatic carbocycles. The molecule has 1 aliphatic heterocycles. The molecule has 2 heterocycles. The van der Waals surface area contributed by atoms with E-state index in [2.05, 4.69) is 20.3 Å². The molecule has 3 aromatic rings. The van der Waals surface area contributed by atoms with Gasteiger partial charge < -0.3 is 15.1 Å². The van der Waals surface area contributed by atoms with E-state index in [9.17, 15) is 9.59 Å². The largest absolute Gasteiger partial charge is 0.339 e. The van der Waals surface area contributed by atoms with Crippen LogP contribution in [-0.4, -0.2) is 63.5 Å². The van der Waals surface area contributed by atoms with Gasteiger partial charge in [-0.1, -0.05) is 29.8 Å². The minimum Gasteiger partial charge on any atom is -0.339 e. The van der Waals surface area contributed by atoms with E-state index < -0.39 is 0 Å². The molecule has 0 saturated carbocycles. The lowest BCUT2D eigenvalue weighted by molar-refractivity contribution is -0.130. The lowest BCUT2D eigenvalue weighted by Gasteiger charge is -2.34. The number of carbonyl (C=O) groups excluding carboxylic acids is 2. The third-order valence-electron chi connectivity index (χ3n) is 5.68. The average Bonchev–Trinajstić information content (AvgIpc) is 2.93. The van der Waals surface area contributed by atoms with Crippen LogP contribution < -0.4 is 5.32 Å². The summed E-state index contributed by atoms with van der Waals surface area (Å²) in [5.41, 5.74) is 4.22. The minimum absolute atomic E-state index is 0.0317. The topological polar surface area (TPSA) is 90.8 Å². The summed E-state index contributed by atoms with van der Waals surface area (Å²) in [6.07, 6.45) is 5.39. The number of anilines is 2. The van der Waals surface area contributed by atoms with Gasteiger partial charge in [0.05, 0.1) is 5.69 Å². The molecule has 1 aromatic heterocycles. The fourth-order valence-electron chi connectivity index (χ4n) is 3.66. The van der Waals surface area contributed by atoms with Crippen molar-refractivity contribution in [3.05, 3.63) is 83.7 Å². The first-order chi connectivity index (χ1) is 18.3. The van der Waals surface area contributed by atoms with Gasteiger partial charge in [0.1, 0.15) is 0 Å². The number of aliphatic imine (C=N–C) groups is 1. The van der Waals surface area contributed by atoms with Crippen molar-refractivity contribution < 1.29 is 9.59 Å². The molecular weight excluding hydrogens is 500 g/mol. The number of benzene rings is 2. The summed E-state index contributed by atoms with van der Waals surface area (Å²) in [6, 6.07) is 16.5. The predicted octanol–water partition coefficient (Wildman–Crippen LogP) is 5.85. The van der Waals surface area contributed by atoms with Crippen molar-refractivity contribution in [1.82, 2.24) is 19.8 Å². The van der Waals surface area contributed by atoms with Crippen molar-refractivity contribution in [3.8, 4) is 11.3 Å². The van der Waals surface area contributed by atoms with E-state index in [0.29, 0.717) is 42.7 Å². The van der Waals surface area contributed by atoms with Crippen molar-refractivity contribution in [2.24, 2.45) is 4.99 Å². The maximum Gasteiger partial charge on any atom is 0.253 e. The molecule has 8 nitrogen and oxygen atoms in total. The summed E-state index contributed by atoms with van der Waals surface area (Å²) in [4.78, 5) is 40.5. The minimum atomic E-state index is -0.0317. The van der Waals surface area contributed by atoms with Crippen molar-refractivity contribution in [3.63, 3.8) is 0 Å². The number of aromatic nitrogens is 2. The summed E-state index contributed by atoms with van der Waals surface area (Å²) in [5.74, 6) is 0.479. The summed E-state index contributed by atoms with van der Waals surface area (Å²) in [7, 11) is 0. The zero-order valence-corrected chi connectivity index (χ0v) is 22.9. The SMILES string of the molecule is C/C=C\N=C(C)C.CC(=O)N1CCN(C(=O)c2ccc(Nc3nccc(-c4ccc(Cl)cc4)n3)cc2)CC1. The number of hydrogen-bond donors (Lipinski definition) is 1. The number of halogens is 1. The number of amides is 2. The van der Waals surface area contributed by atoms with Crippen LogP contribution in [-0.2, 0) is 4.79 Å². The molecule has 0 unspecified atom stereocenters. The summed E-state index contributed by atoms with van der Waals surface area (Å²) < 4.78 is 0. The predicted molar refractivity (Wildman–Crippen MR) is 154 cm³/mol. The third-order valence-corrected chi connectivity index (χ3v) is 5.93. The number of nitrogens with zero attached hydrogens (tertiary/aromatic N) is 5. The van der Waals surface area contributed by atoms with Gasteiger partial charge in [0.25, 0.3) is 5.91 Å². The van der Waals surface area contributed by atoms with Gasteiger partial charge in [0.15, 0.2) is 0 Å². The van der Waals surface area contributed by atoms with Crippen molar-refractivity contribution in [2.45, 2.75) is 27.7 Å². The molecule has 198 valence electrons. The Morgan fingerprint density at radius 3 is 2.11 bits per heavy atom. The highest BCUT2D eigenvalue weighted by atomic mass is 35.5. The van der Waals surface area contributed by atoms with E-state index in [4.69, 9.17) is 11.6 Å². The molecule has 1 fully saturated rings. The third kappa shape index (κ3) is 8.52. The van der Waals surface area contributed by atoms with E-state index in [0.717, 1.165) is 22.7 Å². The van der Waals surface area contributed by atoms with Gasteiger partial charge in [-0.2, -0.15) is 0 Å². The fourth-order valence-corrected chi connectivity index (χ4v) is 3.78. The molecule has 0 radical (unpaired) electrons. The second kappa shape index (κ2) is 14.0. The van der Waals surface area contributed by atoms with Crippen LogP contribution in [0, 0.1) is 0 Å². The molecule has 1 N–H and O–H groups in total. The van der Waals surface area contributed by atoms with Crippen LogP contribution >= 0.6 is 11.6 Å². The van der Waals surface area contributed by atoms with Crippen LogP contribution in [0.25, 0.3) is 11.3 Å². The molecule has 0 spiro atoms. The van der Waals surface area contributed by atoms with Crippen LogP contribution in [0.4, 0.5) is 11.6 Å². The normalized spacial score (nSPS) is 13.0. The molecule has 0 bridgehead atoms. The Balaban J connectivity index is 0.000000505.